The minimum Gasteiger partial charge on any atom is -0.292 e. The number of rotatable bonds is 2. The molecule has 4 heteroatoms. The zero-order valence-corrected chi connectivity index (χ0v) is 10.5. The molecule has 0 aromatic heterocycles. The lowest BCUT2D eigenvalue weighted by atomic mass is 10.2. The summed E-state index contributed by atoms with van der Waals surface area (Å²) in [6.07, 6.45) is 0. The van der Waals surface area contributed by atoms with E-state index in [9.17, 15) is 4.79 Å². The molecule has 0 atom stereocenters. The van der Waals surface area contributed by atoms with E-state index in [2.05, 4.69) is 15.9 Å². The topological polar surface area (TPSA) is 35.5 Å². The number of hydrogen-bond donors (Lipinski definition) is 0. The summed E-state index contributed by atoms with van der Waals surface area (Å²) < 4.78 is 0.688. The van der Waals surface area contributed by atoms with Crippen molar-refractivity contribution in [3.63, 3.8) is 0 Å². The fourth-order valence-corrected chi connectivity index (χ4v) is 1.28. The van der Waals surface area contributed by atoms with Gasteiger partial charge in [-0.05, 0) is 48.8 Å². The van der Waals surface area contributed by atoms with Gasteiger partial charge in [-0.15, -0.1) is 0 Å². The summed E-state index contributed by atoms with van der Waals surface area (Å²) in [4.78, 5) is 21.2. The molecule has 1 aromatic rings. The Morgan fingerprint density at radius 2 is 1.87 bits per heavy atom. The SMILES string of the molecule is CC(C)(C)OOC(=O)c1ccccc1Br. The third-order valence-corrected chi connectivity index (χ3v) is 2.15. The van der Waals surface area contributed by atoms with Crippen LogP contribution in [0.2, 0.25) is 0 Å². The van der Waals surface area contributed by atoms with Crippen molar-refractivity contribution in [3.05, 3.63) is 34.3 Å². The fourth-order valence-electron chi connectivity index (χ4n) is 0.834. The van der Waals surface area contributed by atoms with Crippen molar-refractivity contribution in [3.8, 4) is 0 Å². The van der Waals surface area contributed by atoms with Crippen LogP contribution in [0.15, 0.2) is 28.7 Å². The molecule has 0 aliphatic carbocycles. The largest absolute Gasteiger partial charge is 0.374 e. The maximum absolute atomic E-state index is 11.5. The highest BCUT2D eigenvalue weighted by Crippen LogP contribution is 2.18. The Balaban J connectivity index is 2.66. The molecule has 0 aliphatic heterocycles. The van der Waals surface area contributed by atoms with Gasteiger partial charge in [-0.1, -0.05) is 12.1 Å². The van der Waals surface area contributed by atoms with E-state index in [1.54, 1.807) is 39.0 Å². The monoisotopic (exact) mass is 272 g/mol. The molecule has 3 nitrogen and oxygen atoms in total. The van der Waals surface area contributed by atoms with Crippen molar-refractivity contribution in [2.75, 3.05) is 0 Å². The van der Waals surface area contributed by atoms with Crippen molar-refractivity contribution in [2.24, 2.45) is 0 Å². The molecule has 1 rings (SSSR count). The molecule has 0 unspecified atom stereocenters. The van der Waals surface area contributed by atoms with Gasteiger partial charge >= 0.3 is 5.97 Å². The second-order valence-electron chi connectivity index (χ2n) is 4.05. The first-order valence-electron chi connectivity index (χ1n) is 4.55. The summed E-state index contributed by atoms with van der Waals surface area (Å²) >= 11 is 3.26. The van der Waals surface area contributed by atoms with E-state index < -0.39 is 11.6 Å². The summed E-state index contributed by atoms with van der Waals surface area (Å²) in [5.74, 6) is -0.502. The van der Waals surface area contributed by atoms with Crippen LogP contribution in [-0.2, 0) is 9.78 Å². The molecule has 0 aliphatic rings. The van der Waals surface area contributed by atoms with Gasteiger partial charge in [0.15, 0.2) is 0 Å². The van der Waals surface area contributed by atoms with Gasteiger partial charge in [0.2, 0.25) is 0 Å². The smallest absolute Gasteiger partial charge is 0.292 e. The third kappa shape index (κ3) is 4.01. The second kappa shape index (κ2) is 4.77. The predicted molar refractivity (Wildman–Crippen MR) is 60.4 cm³/mol. The summed E-state index contributed by atoms with van der Waals surface area (Å²) in [6, 6.07) is 7.02. The highest BCUT2D eigenvalue weighted by Gasteiger charge is 2.17. The molecular weight excluding hydrogens is 260 g/mol. The van der Waals surface area contributed by atoms with E-state index >= 15 is 0 Å². The van der Waals surface area contributed by atoms with Crippen LogP contribution in [0.4, 0.5) is 0 Å². The Morgan fingerprint density at radius 3 is 2.40 bits per heavy atom. The highest BCUT2D eigenvalue weighted by atomic mass is 79.9. The Kier molecular flexibility index (Phi) is 3.88. The molecule has 0 heterocycles. The van der Waals surface area contributed by atoms with Gasteiger partial charge in [-0.25, -0.2) is 4.79 Å². The first-order valence-corrected chi connectivity index (χ1v) is 5.34. The Hall–Kier alpha value is -0.870. The molecule has 82 valence electrons. The standard InChI is InChI=1S/C11H13BrO3/c1-11(2,3)15-14-10(13)8-6-4-5-7-9(8)12/h4-7H,1-3H3. The number of hydrogen-bond acceptors (Lipinski definition) is 3. The van der Waals surface area contributed by atoms with Crippen molar-refractivity contribution >= 4 is 21.9 Å². The minimum absolute atomic E-state index is 0.446. The van der Waals surface area contributed by atoms with E-state index in [1.807, 2.05) is 6.07 Å². The Morgan fingerprint density at radius 1 is 1.27 bits per heavy atom. The zero-order chi connectivity index (χ0) is 11.5. The van der Waals surface area contributed by atoms with Crippen LogP contribution >= 0.6 is 15.9 Å². The van der Waals surface area contributed by atoms with Crippen LogP contribution in [0.25, 0.3) is 0 Å². The van der Waals surface area contributed by atoms with Crippen LogP contribution < -0.4 is 0 Å². The Labute approximate surface area is 97.4 Å². The normalized spacial score (nSPS) is 11.2. The van der Waals surface area contributed by atoms with Crippen LogP contribution in [-0.4, -0.2) is 11.6 Å². The minimum atomic E-state index is -0.503. The van der Waals surface area contributed by atoms with E-state index in [1.165, 1.54) is 0 Å². The second-order valence-corrected chi connectivity index (χ2v) is 4.90. The van der Waals surface area contributed by atoms with Crippen molar-refractivity contribution < 1.29 is 14.6 Å². The number of benzene rings is 1. The van der Waals surface area contributed by atoms with Gasteiger partial charge in [-0.2, -0.15) is 4.89 Å². The first-order chi connectivity index (χ1) is 6.90. The first kappa shape index (κ1) is 12.2. The molecule has 1 aromatic carbocycles. The summed E-state index contributed by atoms with van der Waals surface area (Å²) in [6.45, 7) is 5.42. The molecule has 0 N–H and O–H groups in total. The predicted octanol–water partition coefficient (Wildman–Crippen LogP) is 3.34. The molecule has 0 bridgehead atoms. The fraction of sp³-hybridized carbons (Fsp3) is 0.364. The van der Waals surface area contributed by atoms with E-state index in [0.29, 0.717) is 10.0 Å². The lowest BCUT2D eigenvalue weighted by molar-refractivity contribution is -0.301. The van der Waals surface area contributed by atoms with Gasteiger partial charge in [-0.3, -0.25) is 4.89 Å². The lowest BCUT2D eigenvalue weighted by Crippen LogP contribution is -2.22. The molecule has 0 spiro atoms. The average Bonchev–Trinajstić information content (AvgIpc) is 2.14. The zero-order valence-electron chi connectivity index (χ0n) is 8.91. The lowest BCUT2D eigenvalue weighted by Gasteiger charge is -2.16. The quantitative estimate of drug-likeness (QED) is 0.612. The molecule has 0 saturated carbocycles. The molecule has 0 radical (unpaired) electrons. The summed E-state index contributed by atoms with van der Waals surface area (Å²) in [7, 11) is 0. The molecule has 0 amide bonds. The Bertz CT molecular complexity index is 355. The molecule has 0 fully saturated rings. The highest BCUT2D eigenvalue weighted by molar-refractivity contribution is 9.10. The summed E-state index contributed by atoms with van der Waals surface area (Å²) in [5, 5.41) is 0. The van der Waals surface area contributed by atoms with Crippen LogP contribution in [0.5, 0.6) is 0 Å². The number of halogens is 1. The number of carbonyl (C=O) groups excluding carboxylic acids is 1. The van der Waals surface area contributed by atoms with E-state index in [0.717, 1.165) is 0 Å². The van der Waals surface area contributed by atoms with Crippen LogP contribution in [0.1, 0.15) is 31.1 Å². The third-order valence-electron chi connectivity index (χ3n) is 1.46. The maximum atomic E-state index is 11.5. The van der Waals surface area contributed by atoms with Crippen molar-refractivity contribution in [1.29, 1.82) is 0 Å². The van der Waals surface area contributed by atoms with Gasteiger partial charge in [0.25, 0.3) is 0 Å². The van der Waals surface area contributed by atoms with E-state index in [-0.39, 0.29) is 0 Å². The maximum Gasteiger partial charge on any atom is 0.374 e. The molecule has 0 saturated heterocycles. The van der Waals surface area contributed by atoms with Crippen LogP contribution in [0.3, 0.4) is 0 Å². The van der Waals surface area contributed by atoms with Crippen molar-refractivity contribution in [2.45, 2.75) is 26.4 Å². The number of carbonyl (C=O) groups is 1. The van der Waals surface area contributed by atoms with Gasteiger partial charge < -0.3 is 0 Å². The van der Waals surface area contributed by atoms with Gasteiger partial charge in [0, 0.05) is 4.47 Å². The van der Waals surface area contributed by atoms with Crippen LogP contribution in [0, 0.1) is 0 Å². The summed E-state index contributed by atoms with van der Waals surface area (Å²) in [5.41, 5.74) is -0.0570. The van der Waals surface area contributed by atoms with Crippen molar-refractivity contribution in [1.82, 2.24) is 0 Å². The molecular formula is C11H13BrO3. The van der Waals surface area contributed by atoms with Gasteiger partial charge in [0.05, 0.1) is 5.56 Å². The van der Waals surface area contributed by atoms with E-state index in [4.69, 9.17) is 9.78 Å². The molecule has 15 heavy (non-hydrogen) atoms. The van der Waals surface area contributed by atoms with Gasteiger partial charge in [0.1, 0.15) is 5.60 Å². The average molecular weight is 273 g/mol.